The van der Waals surface area contributed by atoms with Crippen molar-refractivity contribution in [1.29, 1.82) is 0 Å². The molecule has 1 fully saturated rings. The molecule has 1 aromatic heterocycles. The molecule has 0 aliphatic carbocycles. The Hall–Kier alpha value is -1.45. The molecule has 25 heavy (non-hydrogen) atoms. The molecule has 0 spiro atoms. The second-order valence-corrected chi connectivity index (χ2v) is 8.02. The van der Waals surface area contributed by atoms with E-state index in [-0.39, 0.29) is 5.84 Å². The van der Waals surface area contributed by atoms with Gasteiger partial charge in [0.1, 0.15) is 0 Å². The van der Waals surface area contributed by atoms with E-state index in [0.29, 0.717) is 12.4 Å². The number of rotatable bonds is 7. The zero-order chi connectivity index (χ0) is 17.5. The van der Waals surface area contributed by atoms with Gasteiger partial charge in [0.2, 0.25) is 0 Å². The van der Waals surface area contributed by atoms with Crippen molar-refractivity contribution in [3.05, 3.63) is 29.6 Å². The Kier molecular flexibility index (Phi) is 6.83. The van der Waals surface area contributed by atoms with Crippen LogP contribution >= 0.6 is 11.8 Å². The molecule has 0 aromatic carbocycles. The molecule has 2 aliphatic heterocycles. The molecule has 3 heterocycles. The zero-order valence-electron chi connectivity index (χ0n) is 14.2. The number of hydrogen-bond donors (Lipinski definition) is 2. The summed E-state index contributed by atoms with van der Waals surface area (Å²) in [4.78, 5) is 7.27. The van der Waals surface area contributed by atoms with Crippen molar-refractivity contribution < 1.29 is 4.21 Å². The standard InChI is InChI=1S/C16H24N6OS2/c17-15-16(21-25(23)20-15)18-7-10-24-12-14-6-4-5-13(19-14)11-22-8-2-1-3-9-22/h4-6H,1-3,7-12H2,(H2,17,20)(H,18,21). The average Bonchev–Trinajstić information content (AvgIpc) is 2.93. The molecule has 1 saturated heterocycles. The molecule has 1 unspecified atom stereocenters. The highest BCUT2D eigenvalue weighted by molar-refractivity contribution is 7.98. The summed E-state index contributed by atoms with van der Waals surface area (Å²) in [5, 5.41) is 3.07. The maximum Gasteiger partial charge on any atom is 0.269 e. The molecule has 3 N–H and O–H groups in total. The second kappa shape index (κ2) is 9.30. The fourth-order valence-corrected chi connectivity index (χ4v) is 4.23. The lowest BCUT2D eigenvalue weighted by Crippen LogP contribution is -2.35. The summed E-state index contributed by atoms with van der Waals surface area (Å²) in [7, 11) is 0. The molecule has 0 bridgehead atoms. The van der Waals surface area contributed by atoms with Gasteiger partial charge in [-0.25, -0.2) is 4.21 Å². The Morgan fingerprint density at radius 1 is 1.20 bits per heavy atom. The van der Waals surface area contributed by atoms with E-state index in [1.807, 2.05) is 0 Å². The smallest absolute Gasteiger partial charge is 0.269 e. The number of piperidine rings is 1. The highest BCUT2D eigenvalue weighted by Crippen LogP contribution is 2.14. The van der Waals surface area contributed by atoms with E-state index in [4.69, 9.17) is 10.7 Å². The van der Waals surface area contributed by atoms with Gasteiger partial charge in [-0.3, -0.25) is 9.88 Å². The van der Waals surface area contributed by atoms with Crippen molar-refractivity contribution in [2.45, 2.75) is 31.6 Å². The lowest BCUT2D eigenvalue weighted by atomic mass is 10.1. The monoisotopic (exact) mass is 380 g/mol. The summed E-state index contributed by atoms with van der Waals surface area (Å²) < 4.78 is 18.6. The molecule has 1 atom stereocenters. The van der Waals surface area contributed by atoms with Gasteiger partial charge in [0.25, 0.3) is 11.2 Å². The maximum absolute atomic E-state index is 11.1. The number of likely N-dealkylation sites (tertiary alicyclic amines) is 1. The highest BCUT2D eigenvalue weighted by atomic mass is 32.2. The second-order valence-electron chi connectivity index (χ2n) is 6.08. The first-order chi connectivity index (χ1) is 12.2. The van der Waals surface area contributed by atoms with E-state index in [2.05, 4.69) is 37.2 Å². The van der Waals surface area contributed by atoms with E-state index >= 15 is 0 Å². The Morgan fingerprint density at radius 2 is 2.00 bits per heavy atom. The zero-order valence-corrected chi connectivity index (χ0v) is 15.8. The van der Waals surface area contributed by atoms with Crippen LogP contribution in [0.25, 0.3) is 0 Å². The number of nitrogens with two attached hydrogens (primary N) is 1. The van der Waals surface area contributed by atoms with Gasteiger partial charge >= 0.3 is 0 Å². The van der Waals surface area contributed by atoms with Crippen molar-refractivity contribution in [3.8, 4) is 0 Å². The van der Waals surface area contributed by atoms with Crippen LogP contribution in [0.3, 0.4) is 0 Å². The van der Waals surface area contributed by atoms with E-state index in [0.717, 1.165) is 29.4 Å². The Bertz CT molecular complexity index is 672. The summed E-state index contributed by atoms with van der Waals surface area (Å²) >= 11 is 0.238. The molecule has 136 valence electrons. The highest BCUT2D eigenvalue weighted by Gasteiger charge is 2.14. The van der Waals surface area contributed by atoms with E-state index in [1.54, 1.807) is 11.8 Å². The third-order valence-electron chi connectivity index (χ3n) is 4.08. The van der Waals surface area contributed by atoms with Gasteiger partial charge in [0.05, 0.1) is 11.4 Å². The van der Waals surface area contributed by atoms with Crippen LogP contribution in [0.4, 0.5) is 0 Å². The van der Waals surface area contributed by atoms with Gasteiger partial charge in [-0.05, 0) is 38.1 Å². The maximum atomic E-state index is 11.1. The van der Waals surface area contributed by atoms with Crippen LogP contribution in [0.1, 0.15) is 30.7 Å². The number of thioether (sulfide) groups is 1. The molecule has 0 radical (unpaired) electrons. The van der Waals surface area contributed by atoms with Gasteiger partial charge in [-0.1, -0.05) is 12.5 Å². The van der Waals surface area contributed by atoms with Crippen molar-refractivity contribution in [3.63, 3.8) is 0 Å². The number of nitrogens with one attached hydrogen (secondary N) is 1. The topological polar surface area (TPSA) is 96.0 Å². The first kappa shape index (κ1) is 18.3. The quantitative estimate of drug-likeness (QED) is 0.691. The first-order valence-corrected chi connectivity index (χ1v) is 10.8. The Morgan fingerprint density at radius 3 is 2.76 bits per heavy atom. The molecule has 7 nitrogen and oxygen atoms in total. The third-order valence-corrected chi connectivity index (χ3v) is 5.76. The lowest BCUT2D eigenvalue weighted by Gasteiger charge is -2.26. The van der Waals surface area contributed by atoms with Gasteiger partial charge in [-0.15, -0.1) is 8.80 Å². The largest absolute Gasteiger partial charge is 0.380 e. The van der Waals surface area contributed by atoms with E-state index < -0.39 is 11.2 Å². The van der Waals surface area contributed by atoms with E-state index in [1.165, 1.54) is 32.4 Å². The summed E-state index contributed by atoms with van der Waals surface area (Å²) in [6, 6.07) is 6.29. The van der Waals surface area contributed by atoms with Crippen LogP contribution in [-0.2, 0) is 23.5 Å². The van der Waals surface area contributed by atoms with Crippen LogP contribution in [-0.4, -0.2) is 51.2 Å². The summed E-state index contributed by atoms with van der Waals surface area (Å²) in [5.74, 6) is 2.41. The Labute approximate surface area is 155 Å². The van der Waals surface area contributed by atoms with Gasteiger partial charge in [-0.2, -0.15) is 11.8 Å². The molecule has 0 saturated carbocycles. The van der Waals surface area contributed by atoms with Crippen molar-refractivity contribution in [2.24, 2.45) is 14.5 Å². The minimum Gasteiger partial charge on any atom is -0.380 e. The minimum absolute atomic E-state index is 0.218. The van der Waals surface area contributed by atoms with Crippen LogP contribution in [0, 0.1) is 0 Å². The Balaban J connectivity index is 1.38. The van der Waals surface area contributed by atoms with Gasteiger partial charge in [0, 0.05) is 24.6 Å². The molecule has 1 aromatic rings. The predicted molar refractivity (Wildman–Crippen MR) is 105 cm³/mol. The minimum atomic E-state index is -1.56. The molecular weight excluding hydrogens is 356 g/mol. The third kappa shape index (κ3) is 5.79. The van der Waals surface area contributed by atoms with Crippen molar-refractivity contribution in [1.82, 2.24) is 15.2 Å². The van der Waals surface area contributed by atoms with Gasteiger partial charge < -0.3 is 11.1 Å². The van der Waals surface area contributed by atoms with Crippen molar-refractivity contribution in [2.75, 3.05) is 25.4 Å². The van der Waals surface area contributed by atoms with Crippen LogP contribution < -0.4 is 11.1 Å². The number of hydrogen-bond acceptors (Lipinski definition) is 6. The fourth-order valence-electron chi connectivity index (χ4n) is 2.86. The first-order valence-electron chi connectivity index (χ1n) is 8.55. The predicted octanol–water partition coefficient (Wildman–Crippen LogP) is 1.24. The lowest BCUT2D eigenvalue weighted by molar-refractivity contribution is 0.218. The molecule has 2 aliphatic rings. The van der Waals surface area contributed by atoms with E-state index in [9.17, 15) is 4.21 Å². The normalized spacial score (nSPS) is 21.0. The number of nitrogens with zero attached hydrogens (tertiary/aromatic N) is 4. The summed E-state index contributed by atoms with van der Waals surface area (Å²) in [6.07, 6.45) is 3.96. The SMILES string of the molecule is NC1=NS(=O)N=C1NCCSCc1cccc(CN2CCCCC2)n1. The molecular formula is C16H24N6OS2. The summed E-state index contributed by atoms with van der Waals surface area (Å²) in [6.45, 7) is 4.03. The van der Waals surface area contributed by atoms with Gasteiger partial charge in [0.15, 0.2) is 11.7 Å². The van der Waals surface area contributed by atoms with Crippen LogP contribution in [0.2, 0.25) is 0 Å². The number of aromatic nitrogens is 1. The number of pyridine rings is 1. The molecule has 9 heteroatoms. The van der Waals surface area contributed by atoms with Crippen LogP contribution in [0.5, 0.6) is 0 Å². The molecule has 3 rings (SSSR count). The number of amidine groups is 2. The summed E-state index contributed by atoms with van der Waals surface area (Å²) in [5.41, 5.74) is 7.88. The van der Waals surface area contributed by atoms with Crippen molar-refractivity contribution >= 4 is 34.6 Å². The average molecular weight is 381 g/mol. The molecule has 0 amide bonds. The fraction of sp³-hybridized carbons (Fsp3) is 0.562. The van der Waals surface area contributed by atoms with Crippen LogP contribution in [0.15, 0.2) is 27.0 Å².